The average molecular weight is 350 g/mol. The minimum absolute atomic E-state index is 0.0129. The topological polar surface area (TPSA) is 41.5 Å². The molecule has 128 valence electrons. The molecule has 1 heterocycles. The molecule has 3 nitrogen and oxygen atoms in total. The van der Waals surface area contributed by atoms with Crippen LogP contribution < -0.4 is 5.32 Å². The zero-order valence-electron chi connectivity index (χ0n) is 12.5. The molecule has 0 amide bonds. The lowest BCUT2D eigenvalue weighted by molar-refractivity contribution is -0.138. The van der Waals surface area contributed by atoms with E-state index in [4.69, 9.17) is 16.3 Å². The number of hydrogen-bond acceptors (Lipinski definition) is 3. The van der Waals surface area contributed by atoms with Gasteiger partial charge in [-0.05, 0) is 43.4 Å². The molecule has 7 heteroatoms. The van der Waals surface area contributed by atoms with Gasteiger partial charge in [0.05, 0.1) is 30.4 Å². The van der Waals surface area contributed by atoms with Gasteiger partial charge in [0.2, 0.25) is 0 Å². The fourth-order valence-electron chi connectivity index (χ4n) is 3.47. The second-order valence-electron chi connectivity index (χ2n) is 6.38. The van der Waals surface area contributed by atoms with Gasteiger partial charge >= 0.3 is 6.18 Å². The highest BCUT2D eigenvalue weighted by atomic mass is 35.5. The van der Waals surface area contributed by atoms with E-state index in [1.165, 1.54) is 12.1 Å². The number of aliphatic hydroxyl groups excluding tert-OH is 1. The van der Waals surface area contributed by atoms with Gasteiger partial charge in [-0.3, -0.25) is 0 Å². The lowest BCUT2D eigenvalue weighted by atomic mass is 9.77. The average Bonchev–Trinajstić information content (AvgIpc) is 2.88. The van der Waals surface area contributed by atoms with Crippen molar-refractivity contribution in [3.05, 3.63) is 34.3 Å². The van der Waals surface area contributed by atoms with Crippen LogP contribution in [-0.2, 0) is 10.9 Å². The zero-order valence-corrected chi connectivity index (χ0v) is 13.3. The van der Waals surface area contributed by atoms with Crippen LogP contribution in [0, 0.1) is 0 Å². The molecular weight excluding hydrogens is 331 g/mol. The summed E-state index contributed by atoms with van der Waals surface area (Å²) in [5.74, 6) is 0. The maximum absolute atomic E-state index is 13.2. The lowest BCUT2D eigenvalue weighted by Gasteiger charge is -2.37. The Kier molecular flexibility index (Phi) is 4.62. The second-order valence-corrected chi connectivity index (χ2v) is 6.82. The van der Waals surface area contributed by atoms with Crippen LogP contribution in [0.1, 0.15) is 42.9 Å². The van der Waals surface area contributed by atoms with E-state index < -0.39 is 24.4 Å². The highest BCUT2D eigenvalue weighted by molar-refractivity contribution is 6.30. The Bertz CT molecular complexity index is 575. The van der Waals surface area contributed by atoms with E-state index >= 15 is 0 Å². The van der Waals surface area contributed by atoms with Gasteiger partial charge in [0.15, 0.2) is 0 Å². The predicted molar refractivity (Wildman–Crippen MR) is 80.4 cm³/mol. The maximum Gasteiger partial charge on any atom is 0.416 e. The fraction of sp³-hybridized carbons (Fsp3) is 0.625. The van der Waals surface area contributed by atoms with Crippen molar-refractivity contribution in [1.29, 1.82) is 0 Å². The first kappa shape index (κ1) is 17.0. The standard InChI is InChI=1S/C16H19ClF3NO2/c17-10-2-3-12(13(6-10)16(18,19)20)14(8-22)21-11-7-15(23-9-11)4-1-5-15/h2-3,6,11,14,21-22H,1,4-5,7-9H2. The van der Waals surface area contributed by atoms with Crippen molar-refractivity contribution in [2.24, 2.45) is 0 Å². The number of rotatable bonds is 4. The van der Waals surface area contributed by atoms with Crippen molar-refractivity contribution >= 4 is 11.6 Å². The Balaban J connectivity index is 1.78. The van der Waals surface area contributed by atoms with Crippen LogP contribution in [0.5, 0.6) is 0 Å². The first-order valence-electron chi connectivity index (χ1n) is 7.70. The lowest BCUT2D eigenvalue weighted by Crippen LogP contribution is -2.40. The number of benzene rings is 1. The number of alkyl halides is 3. The molecule has 2 fully saturated rings. The van der Waals surface area contributed by atoms with Crippen molar-refractivity contribution in [2.45, 2.75) is 49.5 Å². The van der Waals surface area contributed by atoms with E-state index in [0.29, 0.717) is 6.61 Å². The van der Waals surface area contributed by atoms with Crippen LogP contribution >= 0.6 is 11.6 Å². The molecule has 1 aliphatic heterocycles. The van der Waals surface area contributed by atoms with E-state index in [0.717, 1.165) is 31.7 Å². The van der Waals surface area contributed by atoms with E-state index in [-0.39, 0.29) is 22.2 Å². The van der Waals surface area contributed by atoms with Gasteiger partial charge < -0.3 is 15.2 Å². The minimum Gasteiger partial charge on any atom is -0.394 e. The molecule has 0 radical (unpaired) electrons. The van der Waals surface area contributed by atoms with Crippen molar-refractivity contribution in [3.63, 3.8) is 0 Å². The largest absolute Gasteiger partial charge is 0.416 e. The summed E-state index contributed by atoms with van der Waals surface area (Å²) in [5.41, 5.74) is -0.891. The molecular formula is C16H19ClF3NO2. The molecule has 1 aromatic carbocycles. The molecule has 0 aromatic heterocycles. The normalized spacial score (nSPS) is 24.7. The van der Waals surface area contributed by atoms with Crippen LogP contribution in [0.3, 0.4) is 0 Å². The number of ether oxygens (including phenoxy) is 1. The van der Waals surface area contributed by atoms with E-state index in [9.17, 15) is 18.3 Å². The molecule has 1 aliphatic carbocycles. The quantitative estimate of drug-likeness (QED) is 0.871. The summed E-state index contributed by atoms with van der Waals surface area (Å²) in [6.07, 6.45) is -0.603. The summed E-state index contributed by atoms with van der Waals surface area (Å²) in [6, 6.07) is 2.79. The monoisotopic (exact) mass is 349 g/mol. The van der Waals surface area contributed by atoms with Crippen molar-refractivity contribution in [2.75, 3.05) is 13.2 Å². The molecule has 2 unspecified atom stereocenters. The van der Waals surface area contributed by atoms with Crippen LogP contribution in [-0.4, -0.2) is 30.0 Å². The zero-order chi connectivity index (χ0) is 16.7. The Morgan fingerprint density at radius 3 is 2.65 bits per heavy atom. The first-order chi connectivity index (χ1) is 10.8. The molecule has 1 saturated heterocycles. The summed E-state index contributed by atoms with van der Waals surface area (Å²) < 4.78 is 45.5. The molecule has 23 heavy (non-hydrogen) atoms. The summed E-state index contributed by atoms with van der Waals surface area (Å²) in [7, 11) is 0. The minimum atomic E-state index is -4.52. The third-order valence-electron chi connectivity index (χ3n) is 4.79. The molecule has 1 spiro atoms. The highest BCUT2D eigenvalue weighted by Crippen LogP contribution is 2.44. The Morgan fingerprint density at radius 1 is 1.39 bits per heavy atom. The fourth-order valence-corrected chi connectivity index (χ4v) is 3.65. The first-order valence-corrected chi connectivity index (χ1v) is 8.08. The number of aliphatic hydroxyl groups is 1. The van der Waals surface area contributed by atoms with Gasteiger partial charge in [-0.2, -0.15) is 13.2 Å². The van der Waals surface area contributed by atoms with E-state index in [2.05, 4.69) is 5.32 Å². The molecule has 0 bridgehead atoms. The molecule has 2 N–H and O–H groups in total. The van der Waals surface area contributed by atoms with E-state index in [1.54, 1.807) is 0 Å². The van der Waals surface area contributed by atoms with Crippen LogP contribution in [0.2, 0.25) is 5.02 Å². The van der Waals surface area contributed by atoms with Gasteiger partial charge in [-0.1, -0.05) is 17.7 Å². The predicted octanol–water partition coefficient (Wildman–Crippen LogP) is 3.69. The van der Waals surface area contributed by atoms with Crippen molar-refractivity contribution < 1.29 is 23.0 Å². The van der Waals surface area contributed by atoms with Gasteiger partial charge in [0.25, 0.3) is 0 Å². The molecule has 1 saturated carbocycles. The number of nitrogens with one attached hydrogen (secondary N) is 1. The van der Waals surface area contributed by atoms with Gasteiger partial charge in [0.1, 0.15) is 0 Å². The summed E-state index contributed by atoms with van der Waals surface area (Å²) >= 11 is 5.70. The van der Waals surface area contributed by atoms with E-state index in [1.807, 2.05) is 0 Å². The smallest absolute Gasteiger partial charge is 0.394 e. The van der Waals surface area contributed by atoms with Gasteiger partial charge in [-0.25, -0.2) is 0 Å². The van der Waals surface area contributed by atoms with Crippen LogP contribution in [0.25, 0.3) is 0 Å². The summed E-state index contributed by atoms with van der Waals surface area (Å²) in [5, 5.41) is 12.7. The Labute approximate surface area is 137 Å². The number of halogens is 4. The van der Waals surface area contributed by atoms with Crippen molar-refractivity contribution in [3.8, 4) is 0 Å². The van der Waals surface area contributed by atoms with Gasteiger partial charge in [-0.15, -0.1) is 0 Å². The third-order valence-corrected chi connectivity index (χ3v) is 5.02. The van der Waals surface area contributed by atoms with Crippen molar-refractivity contribution in [1.82, 2.24) is 5.32 Å². The van der Waals surface area contributed by atoms with Crippen LogP contribution in [0.4, 0.5) is 13.2 Å². The Hall–Kier alpha value is -0.820. The molecule has 2 aliphatic rings. The SMILES string of the molecule is OCC(NC1COC2(CCC2)C1)c1ccc(Cl)cc1C(F)(F)F. The molecule has 2 atom stereocenters. The Morgan fingerprint density at radius 2 is 2.13 bits per heavy atom. The van der Waals surface area contributed by atoms with Gasteiger partial charge in [0, 0.05) is 11.1 Å². The molecule has 3 rings (SSSR count). The second kappa shape index (κ2) is 6.24. The maximum atomic E-state index is 13.2. The number of hydrogen-bond donors (Lipinski definition) is 2. The molecule has 1 aromatic rings. The highest BCUT2D eigenvalue weighted by Gasteiger charge is 2.45. The summed E-state index contributed by atoms with van der Waals surface area (Å²) in [4.78, 5) is 0. The van der Waals surface area contributed by atoms with Crippen LogP contribution in [0.15, 0.2) is 18.2 Å². The third kappa shape index (κ3) is 3.50. The summed E-state index contributed by atoms with van der Waals surface area (Å²) in [6.45, 7) is 0.0413.